The minimum Gasteiger partial charge on any atom is -0.494 e. The van der Waals surface area contributed by atoms with Gasteiger partial charge in [-0.1, -0.05) is 66.2 Å². The maximum atomic E-state index is 13.3. The van der Waals surface area contributed by atoms with Gasteiger partial charge in [-0.2, -0.15) is 0 Å². The number of nitrogens with zero attached hydrogens (tertiary/aromatic N) is 4. The Morgan fingerprint density at radius 3 is 2.05 bits per heavy atom. The van der Waals surface area contributed by atoms with Crippen LogP contribution in [0.4, 0.5) is 11.6 Å². The molecule has 0 unspecified atom stereocenters. The summed E-state index contributed by atoms with van der Waals surface area (Å²) in [5.74, 6) is 1.73. The molecule has 7 nitrogen and oxygen atoms in total. The number of carbonyl (C=O) groups is 1. The number of rotatable bonds is 19. The molecule has 0 atom stereocenters. The van der Waals surface area contributed by atoms with Crippen molar-refractivity contribution in [1.29, 1.82) is 0 Å². The molecule has 1 heterocycles. The van der Waals surface area contributed by atoms with Crippen LogP contribution in [0, 0.1) is 0 Å². The van der Waals surface area contributed by atoms with Gasteiger partial charge < -0.3 is 24.4 Å². The fourth-order valence-electron chi connectivity index (χ4n) is 4.94. The molecule has 0 saturated carbocycles. The number of amides is 1. The van der Waals surface area contributed by atoms with Crippen LogP contribution in [0.5, 0.6) is 5.75 Å². The number of carbonyl (C=O) groups excluding carboxylic acids is 1. The Morgan fingerprint density at radius 1 is 0.814 bits per heavy atom. The van der Waals surface area contributed by atoms with Gasteiger partial charge in [0.1, 0.15) is 5.75 Å². The number of nitrogens with one attached hydrogen (secondary N) is 1. The zero-order valence-electron chi connectivity index (χ0n) is 28.3. The lowest BCUT2D eigenvalue weighted by Gasteiger charge is -2.22. The summed E-state index contributed by atoms with van der Waals surface area (Å²) >= 11 is 0. The summed E-state index contributed by atoms with van der Waals surface area (Å²) in [5, 5.41) is 3.41. The van der Waals surface area contributed by atoms with Crippen molar-refractivity contribution < 1.29 is 9.53 Å². The van der Waals surface area contributed by atoms with Crippen LogP contribution < -0.4 is 10.1 Å². The molecule has 3 aromatic rings. The predicted molar refractivity (Wildman–Crippen MR) is 184 cm³/mol. The molecular weight excluding hydrogens is 534 g/mol. The van der Waals surface area contributed by atoms with Crippen molar-refractivity contribution in [2.24, 2.45) is 0 Å². The van der Waals surface area contributed by atoms with E-state index in [0.29, 0.717) is 6.61 Å². The molecule has 2 aromatic carbocycles. The number of ether oxygens (including phenoxy) is 1. The molecule has 0 aliphatic carbocycles. The average Bonchev–Trinajstić information content (AvgIpc) is 3.38. The molecular formula is C36H59N5O2. The number of anilines is 2. The molecule has 1 amide bonds. The van der Waals surface area contributed by atoms with E-state index in [2.05, 4.69) is 56.5 Å². The Labute approximate surface area is 262 Å². The lowest BCUT2D eigenvalue weighted by atomic mass is 10.1. The first-order valence-electron chi connectivity index (χ1n) is 16.9. The summed E-state index contributed by atoms with van der Waals surface area (Å²) in [6.07, 6.45) is 11.2. The summed E-state index contributed by atoms with van der Waals surface area (Å²) < 4.78 is 7.64. The maximum absolute atomic E-state index is 13.3. The normalized spacial score (nSPS) is 11.0. The lowest BCUT2D eigenvalue weighted by molar-refractivity contribution is 0.0751. The second-order valence-electron chi connectivity index (χ2n) is 11.3. The van der Waals surface area contributed by atoms with Crippen LogP contribution >= 0.6 is 0 Å². The topological polar surface area (TPSA) is 62.6 Å². The zero-order valence-corrected chi connectivity index (χ0v) is 28.3. The number of hydrogen-bond donors (Lipinski definition) is 1. The molecule has 43 heavy (non-hydrogen) atoms. The van der Waals surface area contributed by atoms with Gasteiger partial charge in [-0.25, -0.2) is 4.98 Å². The molecule has 7 heteroatoms. The van der Waals surface area contributed by atoms with Gasteiger partial charge in [0.2, 0.25) is 5.95 Å². The van der Waals surface area contributed by atoms with Crippen molar-refractivity contribution in [3.8, 4) is 5.75 Å². The van der Waals surface area contributed by atoms with Gasteiger partial charge in [-0.15, -0.1) is 0 Å². The van der Waals surface area contributed by atoms with Crippen LogP contribution in [0.3, 0.4) is 0 Å². The standard InChI is InChI=1S/C26H36N4O2.C10H23N/c1-5-9-17-29(18-10-6-2)25(31)20-11-16-23-24(19-20)30(7-3)26(28-23)27-21-12-14-22(15-13-21)32-8-4;1-4-6-7-8-9-10-11(3)5-2/h11-16,19H,5-10,17-18H2,1-4H3,(H,27,28);4-10H2,1-3H3. The van der Waals surface area contributed by atoms with Crippen molar-refractivity contribution in [3.63, 3.8) is 0 Å². The highest BCUT2D eigenvalue weighted by atomic mass is 16.5. The Hall–Kier alpha value is -3.06. The largest absolute Gasteiger partial charge is 0.494 e. The fourth-order valence-corrected chi connectivity index (χ4v) is 4.94. The third kappa shape index (κ3) is 12.2. The van der Waals surface area contributed by atoms with E-state index in [1.165, 1.54) is 45.2 Å². The average molecular weight is 594 g/mol. The molecule has 1 aromatic heterocycles. The SMILES string of the molecule is CCCCCCCN(C)CC.CCCCN(CCCC)C(=O)c1ccc2nc(Nc3ccc(OCC)cc3)n(CC)c2c1. The summed E-state index contributed by atoms with van der Waals surface area (Å²) in [6.45, 7) is 18.3. The van der Waals surface area contributed by atoms with E-state index in [1.807, 2.05) is 54.3 Å². The third-order valence-electron chi connectivity index (χ3n) is 7.77. The van der Waals surface area contributed by atoms with Crippen LogP contribution in [0.25, 0.3) is 11.0 Å². The first-order chi connectivity index (χ1) is 20.9. The summed E-state index contributed by atoms with van der Waals surface area (Å²) in [4.78, 5) is 22.4. The molecule has 240 valence electrons. The molecule has 0 aliphatic heterocycles. The van der Waals surface area contributed by atoms with Gasteiger partial charge in [0.25, 0.3) is 5.91 Å². The molecule has 0 saturated heterocycles. The fraction of sp³-hybridized carbons (Fsp3) is 0.611. The number of aromatic nitrogens is 2. The first kappa shape index (κ1) is 36.1. The highest BCUT2D eigenvalue weighted by molar-refractivity contribution is 5.98. The van der Waals surface area contributed by atoms with E-state index in [4.69, 9.17) is 9.72 Å². The molecule has 0 spiro atoms. The van der Waals surface area contributed by atoms with Crippen molar-refractivity contribution >= 4 is 28.6 Å². The third-order valence-corrected chi connectivity index (χ3v) is 7.77. The molecule has 0 aliphatic rings. The van der Waals surface area contributed by atoms with E-state index in [0.717, 1.165) is 79.3 Å². The summed E-state index contributed by atoms with van der Waals surface area (Å²) in [5.41, 5.74) is 3.52. The maximum Gasteiger partial charge on any atom is 0.253 e. The smallest absolute Gasteiger partial charge is 0.253 e. The molecule has 0 radical (unpaired) electrons. The molecule has 0 bridgehead atoms. The van der Waals surface area contributed by atoms with Crippen molar-refractivity contribution in [2.75, 3.05) is 45.2 Å². The quantitative estimate of drug-likeness (QED) is 0.140. The van der Waals surface area contributed by atoms with Gasteiger partial charge >= 0.3 is 0 Å². The number of aryl methyl sites for hydroxylation is 1. The predicted octanol–water partition coefficient (Wildman–Crippen LogP) is 9.15. The van der Waals surface area contributed by atoms with E-state index in [1.54, 1.807) is 0 Å². The van der Waals surface area contributed by atoms with Crippen LogP contribution in [-0.4, -0.2) is 65.1 Å². The summed E-state index contributed by atoms with van der Waals surface area (Å²) in [6, 6.07) is 13.7. The Bertz CT molecular complexity index is 1170. The van der Waals surface area contributed by atoms with Gasteiger partial charge in [-0.05, 0) is 95.7 Å². The second-order valence-corrected chi connectivity index (χ2v) is 11.3. The van der Waals surface area contributed by atoms with Gasteiger partial charge in [-0.3, -0.25) is 4.79 Å². The lowest BCUT2D eigenvalue weighted by Crippen LogP contribution is -2.32. The Balaban J connectivity index is 0.000000499. The highest BCUT2D eigenvalue weighted by Gasteiger charge is 2.18. The van der Waals surface area contributed by atoms with Crippen LogP contribution in [0.1, 0.15) is 110 Å². The monoisotopic (exact) mass is 593 g/mol. The molecule has 0 fully saturated rings. The van der Waals surface area contributed by atoms with Crippen molar-refractivity contribution in [3.05, 3.63) is 48.0 Å². The number of hydrogen-bond acceptors (Lipinski definition) is 5. The van der Waals surface area contributed by atoms with Crippen LogP contribution in [0.2, 0.25) is 0 Å². The number of benzene rings is 2. The van der Waals surface area contributed by atoms with Crippen molar-refractivity contribution in [1.82, 2.24) is 19.4 Å². The molecule has 3 rings (SSSR count). The zero-order chi connectivity index (χ0) is 31.5. The second kappa shape index (κ2) is 20.8. The van der Waals surface area contributed by atoms with Gasteiger partial charge in [0, 0.05) is 30.9 Å². The number of unbranched alkanes of at least 4 members (excludes halogenated alkanes) is 6. The number of imidazole rings is 1. The minimum absolute atomic E-state index is 0.110. The Kier molecular flexibility index (Phi) is 17.5. The van der Waals surface area contributed by atoms with Crippen molar-refractivity contribution in [2.45, 2.75) is 106 Å². The van der Waals surface area contributed by atoms with Crippen LogP contribution in [0.15, 0.2) is 42.5 Å². The highest BCUT2D eigenvalue weighted by Crippen LogP contribution is 2.26. The van der Waals surface area contributed by atoms with Crippen LogP contribution in [-0.2, 0) is 6.54 Å². The Morgan fingerprint density at radius 2 is 1.47 bits per heavy atom. The molecule has 1 N–H and O–H groups in total. The van der Waals surface area contributed by atoms with E-state index in [9.17, 15) is 4.79 Å². The van der Waals surface area contributed by atoms with E-state index < -0.39 is 0 Å². The van der Waals surface area contributed by atoms with E-state index >= 15 is 0 Å². The first-order valence-corrected chi connectivity index (χ1v) is 16.9. The van der Waals surface area contributed by atoms with Gasteiger partial charge in [0.05, 0.1) is 17.6 Å². The summed E-state index contributed by atoms with van der Waals surface area (Å²) in [7, 11) is 2.19. The van der Waals surface area contributed by atoms with E-state index in [-0.39, 0.29) is 5.91 Å². The number of fused-ring (bicyclic) bond motifs is 1. The van der Waals surface area contributed by atoms with Gasteiger partial charge in [0.15, 0.2) is 0 Å². The minimum atomic E-state index is 0.110.